The molecule has 2 fully saturated rings. The van der Waals surface area contributed by atoms with Gasteiger partial charge in [-0.25, -0.2) is 9.59 Å². The van der Waals surface area contributed by atoms with E-state index >= 15 is 0 Å². The Labute approximate surface area is 334 Å². The molecule has 6 amide bonds. The minimum absolute atomic E-state index is 0.338. The van der Waals surface area contributed by atoms with Crippen molar-refractivity contribution >= 4 is 69.0 Å². The van der Waals surface area contributed by atoms with E-state index in [1.807, 2.05) is 60.1 Å². The van der Waals surface area contributed by atoms with Crippen LogP contribution >= 0.6 is 0 Å². The lowest BCUT2D eigenvalue weighted by atomic mass is 10.0. The number of hydrogen-bond donors (Lipinski definition) is 4. The van der Waals surface area contributed by atoms with Crippen LogP contribution in [0.1, 0.15) is 48.9 Å². The van der Waals surface area contributed by atoms with Gasteiger partial charge < -0.3 is 45.1 Å². The van der Waals surface area contributed by atoms with E-state index in [1.54, 1.807) is 48.5 Å². The van der Waals surface area contributed by atoms with E-state index in [9.17, 15) is 28.8 Å². The fraction of sp³-hybridized carbons (Fsp3) is 0.302. The molecule has 15 heteroatoms. The number of rotatable bonds is 10. The molecule has 58 heavy (non-hydrogen) atoms. The van der Waals surface area contributed by atoms with E-state index in [2.05, 4.69) is 21.3 Å². The molecule has 7 rings (SSSR count). The van der Waals surface area contributed by atoms with Crippen LogP contribution in [-0.2, 0) is 35.7 Å². The SMILES string of the molecule is COC(=O)N[C@@H](C(=O)N1CCC[C@H]1C(=O)Nc1ccc2c3ccc(NC(=O)[C@@H]4CCCN4C(=O)[C@H](NC(=O)OC)c4ccccc4)cc3n(C)c2c1)c1ccccc1. The lowest BCUT2D eigenvalue weighted by Crippen LogP contribution is -2.48. The number of hydrogen-bond acceptors (Lipinski definition) is 8. The second-order valence-corrected chi connectivity index (χ2v) is 14.3. The predicted molar refractivity (Wildman–Crippen MR) is 217 cm³/mol. The summed E-state index contributed by atoms with van der Waals surface area (Å²) in [4.78, 5) is 82.6. The first-order chi connectivity index (χ1) is 28.1. The smallest absolute Gasteiger partial charge is 0.407 e. The Balaban J connectivity index is 1.06. The maximum absolute atomic E-state index is 13.8. The molecular weight excluding hydrogens is 743 g/mol. The number of amides is 6. The first-order valence-electron chi connectivity index (χ1n) is 19.1. The van der Waals surface area contributed by atoms with Crippen molar-refractivity contribution in [1.29, 1.82) is 0 Å². The van der Waals surface area contributed by atoms with Crippen LogP contribution in [0.15, 0.2) is 97.1 Å². The molecule has 0 bridgehead atoms. The summed E-state index contributed by atoms with van der Waals surface area (Å²) in [6.07, 6.45) is 0.674. The summed E-state index contributed by atoms with van der Waals surface area (Å²) in [6, 6.07) is 25.3. The summed E-state index contributed by atoms with van der Waals surface area (Å²) in [5, 5.41) is 13.1. The third-order valence-corrected chi connectivity index (χ3v) is 10.9. The largest absolute Gasteiger partial charge is 0.453 e. The van der Waals surface area contributed by atoms with Gasteiger partial charge in [-0.2, -0.15) is 0 Å². The molecule has 5 aromatic rings. The molecule has 1 aromatic heterocycles. The first kappa shape index (κ1) is 39.3. The van der Waals surface area contributed by atoms with Crippen molar-refractivity contribution < 1.29 is 38.2 Å². The van der Waals surface area contributed by atoms with Gasteiger partial charge in [-0.05, 0) is 61.1 Å². The van der Waals surface area contributed by atoms with Gasteiger partial charge in [0.1, 0.15) is 24.2 Å². The Bertz CT molecular complexity index is 2200. The Morgan fingerprint density at radius 2 is 0.983 bits per heavy atom. The van der Waals surface area contributed by atoms with Crippen molar-refractivity contribution in [3.05, 3.63) is 108 Å². The van der Waals surface area contributed by atoms with Crippen LogP contribution in [0.25, 0.3) is 21.8 Å². The maximum atomic E-state index is 13.8. The van der Waals surface area contributed by atoms with Crippen molar-refractivity contribution in [2.24, 2.45) is 7.05 Å². The summed E-state index contributed by atoms with van der Waals surface area (Å²) >= 11 is 0. The van der Waals surface area contributed by atoms with E-state index in [1.165, 1.54) is 24.0 Å². The predicted octanol–water partition coefficient (Wildman–Crippen LogP) is 5.39. The van der Waals surface area contributed by atoms with Crippen molar-refractivity contribution in [2.45, 2.75) is 49.9 Å². The van der Waals surface area contributed by atoms with E-state index < -0.39 is 48.2 Å². The molecule has 4 N–H and O–H groups in total. The van der Waals surface area contributed by atoms with Crippen LogP contribution in [0.2, 0.25) is 0 Å². The topological polar surface area (TPSA) is 180 Å². The van der Waals surface area contributed by atoms with Crippen LogP contribution in [-0.4, -0.2) is 89.6 Å². The fourth-order valence-corrected chi connectivity index (χ4v) is 7.97. The molecule has 0 spiro atoms. The van der Waals surface area contributed by atoms with Crippen LogP contribution in [0, 0.1) is 0 Å². The van der Waals surface area contributed by atoms with Gasteiger partial charge in [-0.15, -0.1) is 0 Å². The second kappa shape index (κ2) is 17.1. The normalized spacial score (nSPS) is 17.4. The molecule has 3 heterocycles. The number of anilines is 2. The molecule has 0 unspecified atom stereocenters. The Morgan fingerprint density at radius 3 is 1.36 bits per heavy atom. The number of benzene rings is 4. The summed E-state index contributed by atoms with van der Waals surface area (Å²) in [5.74, 6) is -1.48. The summed E-state index contributed by atoms with van der Waals surface area (Å²) in [7, 11) is 4.35. The van der Waals surface area contributed by atoms with Gasteiger partial charge in [0.05, 0.1) is 25.3 Å². The number of carbonyl (C=O) groups excluding carboxylic acids is 6. The van der Waals surface area contributed by atoms with E-state index in [4.69, 9.17) is 9.47 Å². The van der Waals surface area contributed by atoms with Crippen molar-refractivity contribution in [2.75, 3.05) is 37.9 Å². The molecule has 2 aliphatic heterocycles. The van der Waals surface area contributed by atoms with Crippen LogP contribution in [0.3, 0.4) is 0 Å². The van der Waals surface area contributed by atoms with Gasteiger partial charge in [0.2, 0.25) is 11.8 Å². The third-order valence-electron chi connectivity index (χ3n) is 10.9. The zero-order valence-corrected chi connectivity index (χ0v) is 32.4. The molecule has 0 radical (unpaired) electrons. The van der Waals surface area contributed by atoms with E-state index in [0.717, 1.165) is 21.8 Å². The number of aromatic nitrogens is 1. The van der Waals surface area contributed by atoms with Gasteiger partial charge in [0.15, 0.2) is 0 Å². The minimum Gasteiger partial charge on any atom is -0.453 e. The average Bonchev–Trinajstić information content (AvgIpc) is 4.01. The molecular formula is C43H45N7O8. The summed E-state index contributed by atoms with van der Waals surface area (Å²) in [5.41, 5.74) is 3.91. The second-order valence-electron chi connectivity index (χ2n) is 14.3. The first-order valence-corrected chi connectivity index (χ1v) is 19.1. The Kier molecular flexibility index (Phi) is 11.6. The highest BCUT2D eigenvalue weighted by Gasteiger charge is 2.40. The Morgan fingerprint density at radius 1 is 0.586 bits per heavy atom. The number of alkyl carbamates (subject to hydrolysis) is 2. The molecule has 300 valence electrons. The van der Waals surface area contributed by atoms with Gasteiger partial charge in [-0.3, -0.25) is 19.2 Å². The fourth-order valence-electron chi connectivity index (χ4n) is 7.97. The number of likely N-dealkylation sites (tertiary alicyclic amines) is 2. The number of fused-ring (bicyclic) bond motifs is 3. The number of carbonyl (C=O) groups is 6. The quantitative estimate of drug-likeness (QED) is 0.146. The van der Waals surface area contributed by atoms with Crippen LogP contribution in [0.4, 0.5) is 21.0 Å². The molecule has 15 nitrogen and oxygen atoms in total. The third kappa shape index (κ3) is 8.01. The van der Waals surface area contributed by atoms with E-state index in [-0.39, 0.29) is 11.8 Å². The van der Waals surface area contributed by atoms with Crippen LogP contribution in [0.5, 0.6) is 0 Å². The van der Waals surface area contributed by atoms with Crippen molar-refractivity contribution in [3.63, 3.8) is 0 Å². The zero-order valence-electron chi connectivity index (χ0n) is 32.4. The Hall–Kier alpha value is -6.90. The highest BCUT2D eigenvalue weighted by Crippen LogP contribution is 2.33. The molecule has 0 aliphatic carbocycles. The maximum Gasteiger partial charge on any atom is 0.407 e. The van der Waals surface area contributed by atoms with Crippen molar-refractivity contribution in [3.8, 4) is 0 Å². The van der Waals surface area contributed by atoms with Gasteiger partial charge in [0.25, 0.3) is 11.8 Å². The average molecular weight is 788 g/mol. The van der Waals surface area contributed by atoms with Gasteiger partial charge >= 0.3 is 12.2 Å². The zero-order chi connectivity index (χ0) is 40.9. The molecule has 4 aromatic carbocycles. The summed E-state index contributed by atoms with van der Waals surface area (Å²) < 4.78 is 11.5. The highest BCUT2D eigenvalue weighted by atomic mass is 16.5. The number of methoxy groups -OCH3 is 2. The van der Waals surface area contributed by atoms with Crippen LogP contribution < -0.4 is 21.3 Å². The highest BCUT2D eigenvalue weighted by molar-refractivity contribution is 6.11. The number of nitrogens with zero attached hydrogens (tertiary/aromatic N) is 3. The standard InChI is InChI=1S/C43H45N7O8/c1-48-34-24-28(44-38(51)32-16-10-22-49(32)40(53)36(46-42(55)57-2)26-12-6-4-7-13-26)18-20-30(34)31-21-19-29(25-35(31)48)45-39(52)33-17-11-23-50(33)41(54)37(47-43(56)58-3)27-14-8-5-9-15-27/h4-9,12-15,18-21,24-25,32-33,36-37H,10-11,16-17,22-23H2,1-3H3,(H,44,51)(H,45,52)(H,46,55)(H,47,56)/t32-,33-,36+,37+/m0/s1. The lowest BCUT2D eigenvalue weighted by molar-refractivity contribution is -0.138. The molecule has 2 aliphatic rings. The summed E-state index contributed by atoms with van der Waals surface area (Å²) in [6.45, 7) is 0.722. The molecule has 4 atom stereocenters. The lowest BCUT2D eigenvalue weighted by Gasteiger charge is -2.28. The van der Waals surface area contributed by atoms with E-state index in [0.29, 0.717) is 61.3 Å². The number of ether oxygens (including phenoxy) is 2. The number of aryl methyl sites for hydroxylation is 1. The van der Waals surface area contributed by atoms with Gasteiger partial charge in [-0.1, -0.05) is 72.8 Å². The molecule has 0 saturated carbocycles. The number of nitrogens with one attached hydrogen (secondary N) is 4. The monoisotopic (exact) mass is 787 g/mol. The van der Waals surface area contributed by atoms with Gasteiger partial charge in [0, 0.05) is 42.3 Å². The van der Waals surface area contributed by atoms with Crippen molar-refractivity contribution in [1.82, 2.24) is 25.0 Å². The molecule has 2 saturated heterocycles. The minimum atomic E-state index is -1.02.